The Bertz CT molecular complexity index is 227. The van der Waals surface area contributed by atoms with Gasteiger partial charge in [0.1, 0.15) is 0 Å². The van der Waals surface area contributed by atoms with E-state index < -0.39 is 0 Å². The SMILES string of the molecule is COc1cccc(OC)[n+]1[O-]. The number of nitrogens with zero attached hydrogens (tertiary/aromatic N) is 1. The molecule has 4 heteroatoms. The maximum absolute atomic E-state index is 11.1. The molecular weight excluding hydrogens is 146 g/mol. The Hall–Kier alpha value is -1.45. The van der Waals surface area contributed by atoms with Gasteiger partial charge in [-0.25, -0.2) is 0 Å². The van der Waals surface area contributed by atoms with E-state index in [1.54, 1.807) is 18.2 Å². The first-order chi connectivity index (χ1) is 5.29. The smallest absolute Gasteiger partial charge is 0.382 e. The molecule has 1 aromatic heterocycles. The van der Waals surface area contributed by atoms with Crippen LogP contribution < -0.4 is 14.2 Å². The zero-order valence-corrected chi connectivity index (χ0v) is 6.40. The molecule has 0 aliphatic heterocycles. The summed E-state index contributed by atoms with van der Waals surface area (Å²) in [6.45, 7) is 0. The maximum Gasteiger partial charge on any atom is 0.382 e. The zero-order chi connectivity index (χ0) is 8.27. The summed E-state index contributed by atoms with van der Waals surface area (Å²) in [5, 5.41) is 11.1. The molecular formula is C7H9NO3. The van der Waals surface area contributed by atoms with Crippen molar-refractivity contribution in [1.29, 1.82) is 0 Å². The van der Waals surface area contributed by atoms with Gasteiger partial charge in [0.25, 0.3) is 0 Å². The third-order valence-corrected chi connectivity index (χ3v) is 1.30. The number of rotatable bonds is 2. The highest BCUT2D eigenvalue weighted by Crippen LogP contribution is 2.08. The van der Waals surface area contributed by atoms with Gasteiger partial charge in [-0.3, -0.25) is 0 Å². The topological polar surface area (TPSA) is 45.4 Å². The van der Waals surface area contributed by atoms with Crippen molar-refractivity contribution < 1.29 is 14.2 Å². The minimum atomic E-state index is 0.226. The number of hydrogen-bond donors (Lipinski definition) is 0. The van der Waals surface area contributed by atoms with Gasteiger partial charge >= 0.3 is 11.8 Å². The second-order valence-corrected chi connectivity index (χ2v) is 1.90. The first-order valence-electron chi connectivity index (χ1n) is 3.10. The number of methoxy groups -OCH3 is 2. The molecule has 0 fully saturated rings. The van der Waals surface area contributed by atoms with Crippen LogP contribution in [0.5, 0.6) is 11.8 Å². The van der Waals surface area contributed by atoms with Crippen LogP contribution in [0.25, 0.3) is 0 Å². The fraction of sp³-hybridized carbons (Fsp3) is 0.286. The molecule has 0 atom stereocenters. The molecule has 0 aliphatic rings. The number of aromatic nitrogens is 1. The quantitative estimate of drug-likeness (QED) is 0.457. The lowest BCUT2D eigenvalue weighted by Gasteiger charge is -2.04. The van der Waals surface area contributed by atoms with Gasteiger partial charge in [0.05, 0.1) is 26.4 Å². The minimum absolute atomic E-state index is 0.226. The summed E-state index contributed by atoms with van der Waals surface area (Å²) in [5.41, 5.74) is 0. The van der Waals surface area contributed by atoms with E-state index >= 15 is 0 Å². The molecule has 0 amide bonds. The van der Waals surface area contributed by atoms with Gasteiger partial charge in [-0.15, -0.1) is 0 Å². The van der Waals surface area contributed by atoms with Crippen molar-refractivity contribution in [2.45, 2.75) is 0 Å². The fourth-order valence-corrected chi connectivity index (χ4v) is 0.759. The van der Waals surface area contributed by atoms with Crippen molar-refractivity contribution >= 4 is 0 Å². The van der Waals surface area contributed by atoms with Crippen LogP contribution in [0.2, 0.25) is 0 Å². The van der Waals surface area contributed by atoms with Gasteiger partial charge in [-0.2, -0.15) is 0 Å². The minimum Gasteiger partial charge on any atom is -0.613 e. The molecule has 0 saturated carbocycles. The molecule has 0 aromatic carbocycles. The van der Waals surface area contributed by atoms with E-state index in [0.29, 0.717) is 4.73 Å². The fourth-order valence-electron chi connectivity index (χ4n) is 0.759. The Labute approximate surface area is 64.6 Å². The number of ether oxygens (including phenoxy) is 2. The van der Waals surface area contributed by atoms with Gasteiger partial charge in [0.2, 0.25) is 0 Å². The van der Waals surface area contributed by atoms with E-state index in [1.165, 1.54) is 14.2 Å². The predicted molar refractivity (Wildman–Crippen MR) is 38.5 cm³/mol. The average Bonchev–Trinajstić information content (AvgIpc) is 2.05. The molecule has 0 saturated heterocycles. The molecule has 0 N–H and O–H groups in total. The lowest BCUT2D eigenvalue weighted by Crippen LogP contribution is -2.30. The Kier molecular flexibility index (Phi) is 2.15. The lowest BCUT2D eigenvalue weighted by atomic mass is 10.5. The lowest BCUT2D eigenvalue weighted by molar-refractivity contribution is -0.618. The largest absolute Gasteiger partial charge is 0.613 e. The van der Waals surface area contributed by atoms with Crippen LogP contribution in [0.4, 0.5) is 0 Å². The summed E-state index contributed by atoms with van der Waals surface area (Å²) in [6, 6.07) is 4.82. The zero-order valence-electron chi connectivity index (χ0n) is 6.40. The van der Waals surface area contributed by atoms with Gasteiger partial charge in [-0.05, 0) is 6.07 Å². The third-order valence-electron chi connectivity index (χ3n) is 1.30. The second-order valence-electron chi connectivity index (χ2n) is 1.90. The monoisotopic (exact) mass is 155 g/mol. The molecule has 0 aliphatic carbocycles. The highest BCUT2D eigenvalue weighted by molar-refractivity contribution is 5.11. The van der Waals surface area contributed by atoms with Gasteiger partial charge in [0.15, 0.2) is 0 Å². The van der Waals surface area contributed by atoms with Crippen molar-refractivity contribution in [2.75, 3.05) is 14.2 Å². The molecule has 0 bridgehead atoms. The third kappa shape index (κ3) is 1.34. The standard InChI is InChI=1S/C7H9NO3/c1-10-6-4-3-5-7(11-2)8(6)9/h3-5H,1-2H3. The van der Waals surface area contributed by atoms with Gasteiger partial charge in [-0.1, -0.05) is 4.73 Å². The Morgan fingerprint density at radius 3 is 2.00 bits per heavy atom. The molecule has 0 radical (unpaired) electrons. The van der Waals surface area contributed by atoms with Crippen LogP contribution in [0.1, 0.15) is 0 Å². The van der Waals surface area contributed by atoms with Crippen molar-refractivity contribution in [3.05, 3.63) is 23.4 Å². The molecule has 60 valence electrons. The second kappa shape index (κ2) is 3.09. The molecule has 11 heavy (non-hydrogen) atoms. The first-order valence-corrected chi connectivity index (χ1v) is 3.10. The Morgan fingerprint density at radius 1 is 1.18 bits per heavy atom. The van der Waals surface area contributed by atoms with E-state index in [4.69, 9.17) is 9.47 Å². The van der Waals surface area contributed by atoms with E-state index in [2.05, 4.69) is 0 Å². The molecule has 0 unspecified atom stereocenters. The van der Waals surface area contributed by atoms with Crippen LogP contribution in [0.15, 0.2) is 18.2 Å². The average molecular weight is 155 g/mol. The summed E-state index contributed by atoms with van der Waals surface area (Å²) in [7, 11) is 2.87. The van der Waals surface area contributed by atoms with Crippen LogP contribution in [0, 0.1) is 5.21 Å². The molecule has 0 spiro atoms. The Morgan fingerprint density at radius 2 is 1.64 bits per heavy atom. The van der Waals surface area contributed by atoms with Crippen LogP contribution >= 0.6 is 0 Å². The normalized spacial score (nSPS) is 9.27. The molecule has 1 rings (SSSR count). The molecule has 1 heterocycles. The van der Waals surface area contributed by atoms with Crippen LogP contribution in [-0.2, 0) is 0 Å². The number of hydrogen-bond acceptors (Lipinski definition) is 3. The van der Waals surface area contributed by atoms with Crippen molar-refractivity contribution in [2.24, 2.45) is 0 Å². The maximum atomic E-state index is 11.1. The summed E-state index contributed by atoms with van der Waals surface area (Å²) < 4.78 is 10.1. The first kappa shape index (κ1) is 7.65. The molecule has 1 aromatic rings. The predicted octanol–water partition coefficient (Wildman–Crippen LogP) is 0.337. The van der Waals surface area contributed by atoms with Crippen molar-refractivity contribution in [1.82, 2.24) is 0 Å². The van der Waals surface area contributed by atoms with E-state index in [-0.39, 0.29) is 11.8 Å². The van der Waals surface area contributed by atoms with Gasteiger partial charge in [0, 0.05) is 0 Å². The summed E-state index contributed by atoms with van der Waals surface area (Å²) in [4.78, 5) is 0. The number of pyridine rings is 1. The van der Waals surface area contributed by atoms with E-state index in [1.807, 2.05) is 0 Å². The van der Waals surface area contributed by atoms with E-state index in [0.717, 1.165) is 0 Å². The highest BCUT2D eigenvalue weighted by atomic mass is 16.6. The van der Waals surface area contributed by atoms with Crippen molar-refractivity contribution in [3.8, 4) is 11.8 Å². The summed E-state index contributed by atoms with van der Waals surface area (Å²) in [6.07, 6.45) is 0. The Balaban J connectivity index is 3.10. The van der Waals surface area contributed by atoms with Gasteiger partial charge < -0.3 is 14.7 Å². The van der Waals surface area contributed by atoms with E-state index in [9.17, 15) is 5.21 Å². The van der Waals surface area contributed by atoms with Crippen molar-refractivity contribution in [3.63, 3.8) is 0 Å². The van der Waals surface area contributed by atoms with Crippen LogP contribution in [0.3, 0.4) is 0 Å². The highest BCUT2D eigenvalue weighted by Gasteiger charge is 2.09. The van der Waals surface area contributed by atoms with Crippen LogP contribution in [-0.4, -0.2) is 14.2 Å². The summed E-state index contributed by atoms with van der Waals surface area (Å²) >= 11 is 0. The molecule has 4 nitrogen and oxygen atoms in total. The summed E-state index contributed by atoms with van der Waals surface area (Å²) in [5.74, 6) is 0.453.